The topological polar surface area (TPSA) is 34.1 Å². The normalized spacial score (nSPS) is 26.4. The molecule has 1 aromatic rings. The number of ether oxygens (including phenoxy) is 1. The molecule has 112 valence electrons. The van der Waals surface area contributed by atoms with Crippen LogP contribution < -0.4 is 5.32 Å². The average molecular weight is 276 g/mol. The minimum absolute atomic E-state index is 0.412. The molecule has 1 aliphatic carbocycles. The first-order chi connectivity index (χ1) is 9.69. The maximum Gasteiger partial charge on any atom is 0.126 e. The molecule has 0 bridgehead atoms. The molecule has 1 heterocycles. The summed E-state index contributed by atoms with van der Waals surface area (Å²) in [4.78, 5) is 4.59. The zero-order valence-electron chi connectivity index (χ0n) is 13.1. The van der Waals surface area contributed by atoms with Crippen molar-refractivity contribution in [3.8, 4) is 0 Å². The van der Waals surface area contributed by atoms with E-state index in [9.17, 15) is 0 Å². The fourth-order valence-electron chi connectivity index (χ4n) is 2.76. The van der Waals surface area contributed by atoms with Gasteiger partial charge in [0.1, 0.15) is 5.82 Å². The van der Waals surface area contributed by atoms with E-state index in [0.717, 1.165) is 36.3 Å². The predicted octanol–water partition coefficient (Wildman–Crippen LogP) is 4.24. The van der Waals surface area contributed by atoms with Gasteiger partial charge >= 0.3 is 0 Å². The SMILES string of the molecule is CCCNc1cccc(COC2CCC(C)C(C)C2)n1. The molecule has 0 radical (unpaired) electrons. The number of hydrogen-bond acceptors (Lipinski definition) is 3. The molecule has 0 spiro atoms. The van der Waals surface area contributed by atoms with Crippen LogP contribution in [0.2, 0.25) is 0 Å². The van der Waals surface area contributed by atoms with Gasteiger partial charge in [-0.1, -0.05) is 26.8 Å². The van der Waals surface area contributed by atoms with E-state index in [-0.39, 0.29) is 0 Å². The lowest BCUT2D eigenvalue weighted by Crippen LogP contribution is -2.26. The van der Waals surface area contributed by atoms with Crippen molar-refractivity contribution < 1.29 is 4.74 Å². The average Bonchev–Trinajstić information content (AvgIpc) is 2.47. The molecule has 0 aliphatic heterocycles. The van der Waals surface area contributed by atoms with Gasteiger partial charge in [0.25, 0.3) is 0 Å². The highest BCUT2D eigenvalue weighted by molar-refractivity contribution is 5.34. The standard InChI is InChI=1S/C17H28N2O/c1-4-10-18-17-7-5-6-15(19-17)12-20-16-9-8-13(2)14(3)11-16/h5-7,13-14,16H,4,8-12H2,1-3H3,(H,18,19). The number of aromatic nitrogens is 1. The summed E-state index contributed by atoms with van der Waals surface area (Å²) in [7, 11) is 0. The molecule has 3 atom stereocenters. The van der Waals surface area contributed by atoms with Crippen LogP contribution in [0.4, 0.5) is 5.82 Å². The van der Waals surface area contributed by atoms with Crippen LogP contribution in [0.3, 0.4) is 0 Å². The van der Waals surface area contributed by atoms with Crippen LogP contribution in [-0.2, 0) is 11.3 Å². The Morgan fingerprint density at radius 1 is 1.25 bits per heavy atom. The van der Waals surface area contributed by atoms with E-state index in [1.54, 1.807) is 0 Å². The maximum absolute atomic E-state index is 6.06. The van der Waals surface area contributed by atoms with Crippen LogP contribution >= 0.6 is 0 Å². The van der Waals surface area contributed by atoms with E-state index < -0.39 is 0 Å². The molecule has 2 rings (SSSR count). The van der Waals surface area contributed by atoms with Crippen molar-refractivity contribution in [2.75, 3.05) is 11.9 Å². The van der Waals surface area contributed by atoms with Gasteiger partial charge in [-0.25, -0.2) is 4.98 Å². The summed E-state index contributed by atoms with van der Waals surface area (Å²) in [6, 6.07) is 6.12. The Morgan fingerprint density at radius 2 is 2.10 bits per heavy atom. The van der Waals surface area contributed by atoms with E-state index in [2.05, 4.69) is 37.1 Å². The van der Waals surface area contributed by atoms with Gasteiger partial charge in [-0.15, -0.1) is 0 Å². The van der Waals surface area contributed by atoms with Crippen LogP contribution in [0, 0.1) is 11.8 Å². The molecule has 1 N–H and O–H groups in total. The second-order valence-corrected chi connectivity index (χ2v) is 6.14. The molecule has 1 aromatic heterocycles. The Labute approximate surface area is 123 Å². The minimum Gasteiger partial charge on any atom is -0.372 e. The van der Waals surface area contributed by atoms with Crippen molar-refractivity contribution in [3.05, 3.63) is 23.9 Å². The van der Waals surface area contributed by atoms with Crippen LogP contribution in [0.25, 0.3) is 0 Å². The van der Waals surface area contributed by atoms with Gasteiger partial charge in [-0.05, 0) is 49.7 Å². The lowest BCUT2D eigenvalue weighted by atomic mass is 9.80. The van der Waals surface area contributed by atoms with Gasteiger partial charge in [-0.2, -0.15) is 0 Å². The first-order valence-electron chi connectivity index (χ1n) is 8.00. The van der Waals surface area contributed by atoms with Gasteiger partial charge in [0.2, 0.25) is 0 Å². The van der Waals surface area contributed by atoms with Crippen LogP contribution in [0.15, 0.2) is 18.2 Å². The quantitative estimate of drug-likeness (QED) is 0.843. The largest absolute Gasteiger partial charge is 0.372 e. The number of rotatable bonds is 6. The van der Waals surface area contributed by atoms with E-state index in [1.165, 1.54) is 19.3 Å². The third kappa shape index (κ3) is 4.48. The molecule has 3 heteroatoms. The van der Waals surface area contributed by atoms with Gasteiger partial charge in [0, 0.05) is 6.54 Å². The second kappa shape index (κ2) is 7.63. The van der Waals surface area contributed by atoms with Gasteiger partial charge in [0.15, 0.2) is 0 Å². The van der Waals surface area contributed by atoms with E-state index in [4.69, 9.17) is 4.74 Å². The van der Waals surface area contributed by atoms with Crippen molar-refractivity contribution in [1.29, 1.82) is 0 Å². The Hall–Kier alpha value is -1.09. The number of pyridine rings is 1. The van der Waals surface area contributed by atoms with Crippen molar-refractivity contribution in [2.45, 2.75) is 59.2 Å². The van der Waals surface area contributed by atoms with Gasteiger partial charge in [0.05, 0.1) is 18.4 Å². The van der Waals surface area contributed by atoms with Crippen LogP contribution in [0.5, 0.6) is 0 Å². The highest BCUT2D eigenvalue weighted by atomic mass is 16.5. The second-order valence-electron chi connectivity index (χ2n) is 6.14. The van der Waals surface area contributed by atoms with Crippen molar-refractivity contribution >= 4 is 5.82 Å². The Balaban J connectivity index is 1.81. The van der Waals surface area contributed by atoms with Gasteiger partial charge in [-0.3, -0.25) is 0 Å². The van der Waals surface area contributed by atoms with Crippen molar-refractivity contribution in [3.63, 3.8) is 0 Å². The maximum atomic E-state index is 6.06. The zero-order chi connectivity index (χ0) is 14.4. The lowest BCUT2D eigenvalue weighted by Gasteiger charge is -2.31. The van der Waals surface area contributed by atoms with Crippen molar-refractivity contribution in [1.82, 2.24) is 4.98 Å². The van der Waals surface area contributed by atoms with E-state index in [1.807, 2.05) is 12.1 Å². The fraction of sp³-hybridized carbons (Fsp3) is 0.706. The summed E-state index contributed by atoms with van der Waals surface area (Å²) >= 11 is 0. The summed E-state index contributed by atoms with van der Waals surface area (Å²) in [5, 5.41) is 3.32. The van der Waals surface area contributed by atoms with E-state index in [0.29, 0.717) is 12.7 Å². The predicted molar refractivity (Wildman–Crippen MR) is 83.8 cm³/mol. The molecule has 3 nitrogen and oxygen atoms in total. The number of nitrogens with one attached hydrogen (secondary N) is 1. The lowest BCUT2D eigenvalue weighted by molar-refractivity contribution is -0.00871. The molecule has 1 aliphatic rings. The first kappa shape index (κ1) is 15.3. The summed E-state index contributed by atoms with van der Waals surface area (Å²) in [5.74, 6) is 2.58. The van der Waals surface area contributed by atoms with E-state index >= 15 is 0 Å². The van der Waals surface area contributed by atoms with Crippen LogP contribution in [-0.4, -0.2) is 17.6 Å². The molecular formula is C17H28N2O. The summed E-state index contributed by atoms with van der Waals surface area (Å²) in [5.41, 5.74) is 1.03. The molecular weight excluding hydrogens is 248 g/mol. The Bertz CT molecular complexity index is 408. The van der Waals surface area contributed by atoms with Crippen LogP contribution in [0.1, 0.15) is 52.1 Å². The third-order valence-electron chi connectivity index (χ3n) is 4.38. The number of hydrogen-bond donors (Lipinski definition) is 1. The number of anilines is 1. The molecule has 0 aromatic carbocycles. The fourth-order valence-corrected chi connectivity index (χ4v) is 2.76. The molecule has 3 unspecified atom stereocenters. The minimum atomic E-state index is 0.412. The molecule has 0 saturated heterocycles. The number of nitrogens with zero attached hydrogens (tertiary/aromatic N) is 1. The van der Waals surface area contributed by atoms with Gasteiger partial charge < -0.3 is 10.1 Å². The third-order valence-corrected chi connectivity index (χ3v) is 4.38. The smallest absolute Gasteiger partial charge is 0.126 e. The zero-order valence-corrected chi connectivity index (χ0v) is 13.1. The summed E-state index contributed by atoms with van der Waals surface area (Å²) in [6.45, 7) is 8.45. The molecule has 1 saturated carbocycles. The molecule has 20 heavy (non-hydrogen) atoms. The van der Waals surface area contributed by atoms with Crippen molar-refractivity contribution in [2.24, 2.45) is 11.8 Å². The highest BCUT2D eigenvalue weighted by Crippen LogP contribution is 2.31. The molecule has 0 amide bonds. The monoisotopic (exact) mass is 276 g/mol. The molecule has 1 fully saturated rings. The first-order valence-corrected chi connectivity index (χ1v) is 8.00. The Kier molecular flexibility index (Phi) is 5.84. The Morgan fingerprint density at radius 3 is 2.85 bits per heavy atom. The summed E-state index contributed by atoms with van der Waals surface area (Å²) in [6.07, 6.45) is 5.20. The summed E-state index contributed by atoms with van der Waals surface area (Å²) < 4.78 is 6.06. The highest BCUT2D eigenvalue weighted by Gasteiger charge is 2.24.